The van der Waals surface area contributed by atoms with Gasteiger partial charge in [-0.1, -0.05) is 0 Å². The normalized spacial score (nSPS) is 16.9. The van der Waals surface area contributed by atoms with Crippen molar-refractivity contribution in [1.82, 2.24) is 25.4 Å². The first-order chi connectivity index (χ1) is 13.6. The van der Waals surface area contributed by atoms with Gasteiger partial charge in [0.2, 0.25) is 0 Å². The van der Waals surface area contributed by atoms with Crippen molar-refractivity contribution in [2.45, 2.75) is 45.2 Å². The van der Waals surface area contributed by atoms with Gasteiger partial charge < -0.3 is 24.4 Å². The molecule has 1 aliphatic heterocycles. The molecule has 28 heavy (non-hydrogen) atoms. The molecule has 2 N–H and O–H groups in total. The zero-order valence-corrected chi connectivity index (χ0v) is 16.4. The molecule has 2 aromatic heterocycles. The standard InChI is InChI=1S/C19H27N5O4/c1-13-9-15(14-5-3-6-20-10-14)28-19(26)17(13)18(25)21-11-16-23-22-12-24(16)7-4-8-27-2/h9,12,14,20H,3-8,10-11H2,1-2H3,(H,21,25). The minimum Gasteiger partial charge on any atom is -0.427 e. The summed E-state index contributed by atoms with van der Waals surface area (Å²) in [6.45, 7) is 5.03. The Morgan fingerprint density at radius 3 is 3.07 bits per heavy atom. The van der Waals surface area contributed by atoms with E-state index in [1.807, 2.05) is 4.57 Å². The Morgan fingerprint density at radius 2 is 2.36 bits per heavy atom. The molecular weight excluding hydrogens is 362 g/mol. The average Bonchev–Trinajstić information content (AvgIpc) is 3.14. The van der Waals surface area contributed by atoms with E-state index < -0.39 is 11.5 Å². The van der Waals surface area contributed by atoms with Gasteiger partial charge in [-0.2, -0.15) is 0 Å². The van der Waals surface area contributed by atoms with Gasteiger partial charge >= 0.3 is 5.63 Å². The number of hydrogen-bond donors (Lipinski definition) is 2. The predicted octanol–water partition coefficient (Wildman–Crippen LogP) is 0.973. The second-order valence-electron chi connectivity index (χ2n) is 7.01. The van der Waals surface area contributed by atoms with Crippen LogP contribution >= 0.6 is 0 Å². The number of nitrogens with one attached hydrogen (secondary N) is 2. The van der Waals surface area contributed by atoms with Crippen LogP contribution in [0.2, 0.25) is 0 Å². The van der Waals surface area contributed by atoms with Crippen molar-refractivity contribution in [1.29, 1.82) is 0 Å². The van der Waals surface area contributed by atoms with Crippen LogP contribution in [0.3, 0.4) is 0 Å². The highest BCUT2D eigenvalue weighted by molar-refractivity contribution is 5.95. The van der Waals surface area contributed by atoms with Crippen LogP contribution in [-0.2, 0) is 17.8 Å². The largest absolute Gasteiger partial charge is 0.427 e. The van der Waals surface area contributed by atoms with Gasteiger partial charge in [0, 0.05) is 32.7 Å². The number of hydrogen-bond acceptors (Lipinski definition) is 7. The van der Waals surface area contributed by atoms with E-state index >= 15 is 0 Å². The summed E-state index contributed by atoms with van der Waals surface area (Å²) < 4.78 is 12.4. The molecule has 1 amide bonds. The van der Waals surface area contributed by atoms with E-state index in [0.29, 0.717) is 30.3 Å². The Balaban J connectivity index is 1.66. The van der Waals surface area contributed by atoms with Crippen LogP contribution in [-0.4, -0.2) is 47.5 Å². The molecule has 3 heterocycles. The average molecular weight is 389 g/mol. The molecule has 0 aromatic carbocycles. The topological polar surface area (TPSA) is 111 Å². The summed E-state index contributed by atoms with van der Waals surface area (Å²) in [5.41, 5.74) is 0.0634. The lowest BCUT2D eigenvalue weighted by Crippen LogP contribution is -2.32. The van der Waals surface area contributed by atoms with Gasteiger partial charge in [-0.3, -0.25) is 4.79 Å². The Labute approximate surface area is 163 Å². The van der Waals surface area contributed by atoms with Gasteiger partial charge in [-0.15, -0.1) is 10.2 Å². The number of methoxy groups -OCH3 is 1. The fourth-order valence-electron chi connectivity index (χ4n) is 3.43. The SMILES string of the molecule is COCCCn1cnnc1CNC(=O)c1c(C)cc(C2CCCNC2)oc1=O. The van der Waals surface area contributed by atoms with Crippen LogP contribution in [0.1, 0.15) is 52.7 Å². The molecule has 152 valence electrons. The number of amides is 1. The minimum atomic E-state index is -0.598. The summed E-state index contributed by atoms with van der Waals surface area (Å²) in [4.78, 5) is 25.0. The molecule has 1 unspecified atom stereocenters. The third-order valence-electron chi connectivity index (χ3n) is 4.94. The molecule has 0 bridgehead atoms. The summed E-state index contributed by atoms with van der Waals surface area (Å²) >= 11 is 0. The molecule has 1 saturated heterocycles. The van der Waals surface area contributed by atoms with Crippen molar-refractivity contribution in [2.24, 2.45) is 0 Å². The van der Waals surface area contributed by atoms with Crippen LogP contribution < -0.4 is 16.3 Å². The fraction of sp³-hybridized carbons (Fsp3) is 0.579. The van der Waals surface area contributed by atoms with E-state index in [1.165, 1.54) is 0 Å². The van der Waals surface area contributed by atoms with Gasteiger partial charge in [0.15, 0.2) is 5.82 Å². The van der Waals surface area contributed by atoms with Crippen molar-refractivity contribution in [3.05, 3.63) is 45.5 Å². The zero-order valence-electron chi connectivity index (χ0n) is 16.4. The monoisotopic (exact) mass is 389 g/mol. The number of aromatic nitrogens is 3. The Morgan fingerprint density at radius 1 is 1.50 bits per heavy atom. The lowest BCUT2D eigenvalue weighted by atomic mass is 9.95. The molecule has 0 saturated carbocycles. The molecule has 2 aromatic rings. The third kappa shape index (κ3) is 4.85. The van der Waals surface area contributed by atoms with Crippen LogP contribution in [0.4, 0.5) is 0 Å². The van der Waals surface area contributed by atoms with Crippen molar-refractivity contribution in [3.8, 4) is 0 Å². The second-order valence-corrected chi connectivity index (χ2v) is 7.01. The van der Waals surface area contributed by atoms with Crippen molar-refractivity contribution in [3.63, 3.8) is 0 Å². The van der Waals surface area contributed by atoms with Gasteiger partial charge in [0.25, 0.3) is 5.91 Å². The lowest BCUT2D eigenvalue weighted by Gasteiger charge is -2.22. The number of carbonyl (C=O) groups is 1. The summed E-state index contributed by atoms with van der Waals surface area (Å²) in [7, 11) is 1.65. The molecule has 1 aliphatic rings. The number of piperidine rings is 1. The molecule has 0 aliphatic carbocycles. The highest BCUT2D eigenvalue weighted by Gasteiger charge is 2.22. The number of ether oxygens (including phenoxy) is 1. The van der Waals surface area contributed by atoms with E-state index in [4.69, 9.17) is 9.15 Å². The van der Waals surface area contributed by atoms with E-state index in [2.05, 4.69) is 20.8 Å². The lowest BCUT2D eigenvalue weighted by molar-refractivity contribution is 0.0944. The van der Waals surface area contributed by atoms with Crippen molar-refractivity contribution in [2.75, 3.05) is 26.8 Å². The Bertz CT molecular complexity index is 854. The maximum absolute atomic E-state index is 12.6. The Hall–Kier alpha value is -2.52. The third-order valence-corrected chi connectivity index (χ3v) is 4.94. The minimum absolute atomic E-state index is 0.0398. The first-order valence-electron chi connectivity index (χ1n) is 9.59. The van der Waals surface area contributed by atoms with Gasteiger partial charge in [0.1, 0.15) is 17.7 Å². The maximum atomic E-state index is 12.6. The van der Waals surface area contributed by atoms with Crippen LogP contribution in [0.5, 0.6) is 0 Å². The van der Waals surface area contributed by atoms with E-state index in [1.54, 1.807) is 26.4 Å². The fourth-order valence-corrected chi connectivity index (χ4v) is 3.43. The highest BCUT2D eigenvalue weighted by Crippen LogP contribution is 2.23. The second kappa shape index (κ2) is 9.61. The smallest absolute Gasteiger partial charge is 0.349 e. The highest BCUT2D eigenvalue weighted by atomic mass is 16.5. The van der Waals surface area contributed by atoms with Gasteiger partial charge in [0.05, 0.1) is 6.54 Å². The van der Waals surface area contributed by atoms with E-state index in [-0.39, 0.29) is 18.0 Å². The zero-order chi connectivity index (χ0) is 19.9. The summed E-state index contributed by atoms with van der Waals surface area (Å²) in [5, 5.41) is 14.0. The van der Waals surface area contributed by atoms with Crippen molar-refractivity contribution >= 4 is 5.91 Å². The van der Waals surface area contributed by atoms with Crippen LogP contribution in [0.15, 0.2) is 21.6 Å². The number of rotatable bonds is 8. The molecule has 1 fully saturated rings. The molecule has 9 nitrogen and oxygen atoms in total. The molecule has 1 atom stereocenters. The van der Waals surface area contributed by atoms with Crippen molar-refractivity contribution < 1.29 is 13.9 Å². The quantitative estimate of drug-likeness (QED) is 0.647. The molecule has 0 radical (unpaired) electrons. The maximum Gasteiger partial charge on any atom is 0.349 e. The molecule has 3 rings (SSSR count). The van der Waals surface area contributed by atoms with Crippen LogP contribution in [0.25, 0.3) is 0 Å². The number of carbonyl (C=O) groups excluding carboxylic acids is 1. The van der Waals surface area contributed by atoms with Gasteiger partial charge in [-0.05, 0) is 44.4 Å². The first kappa shape index (κ1) is 20.2. The number of nitrogens with zero attached hydrogens (tertiary/aromatic N) is 3. The van der Waals surface area contributed by atoms with Crippen LogP contribution in [0, 0.1) is 6.92 Å². The molecular formula is C19H27N5O4. The summed E-state index contributed by atoms with van der Waals surface area (Å²) in [6.07, 6.45) is 4.44. The molecule has 9 heteroatoms. The van der Waals surface area contributed by atoms with E-state index in [9.17, 15) is 9.59 Å². The summed E-state index contributed by atoms with van der Waals surface area (Å²) in [6, 6.07) is 1.81. The molecule has 0 spiro atoms. The number of aryl methyl sites for hydroxylation is 2. The van der Waals surface area contributed by atoms with Gasteiger partial charge in [-0.25, -0.2) is 4.79 Å². The Kier molecular flexibility index (Phi) is 6.94. The predicted molar refractivity (Wildman–Crippen MR) is 102 cm³/mol. The summed E-state index contributed by atoms with van der Waals surface area (Å²) in [5.74, 6) is 0.967. The first-order valence-corrected chi connectivity index (χ1v) is 9.59. The van der Waals surface area contributed by atoms with E-state index in [0.717, 1.165) is 32.4 Å².